The molecule has 1 aliphatic rings. The van der Waals surface area contributed by atoms with Crippen LogP contribution in [-0.2, 0) is 29.1 Å². The highest BCUT2D eigenvalue weighted by atomic mass is 16.5. The number of ether oxygens (including phenoxy) is 1. The Morgan fingerprint density at radius 2 is 1.63 bits per heavy atom. The van der Waals surface area contributed by atoms with Crippen LogP contribution in [-0.4, -0.2) is 76.5 Å². The molecule has 0 saturated carbocycles. The number of Topliss-reactive ketones (excluding diaryl/α,β-unsaturated/α-hetero) is 1. The predicted molar refractivity (Wildman–Crippen MR) is 152 cm³/mol. The van der Waals surface area contributed by atoms with Crippen LogP contribution in [0.1, 0.15) is 53.3 Å². The number of unbranched alkanes of at least 4 members (excludes halogenated alkanes) is 1. The molecule has 41 heavy (non-hydrogen) atoms. The molecule has 1 saturated heterocycles. The van der Waals surface area contributed by atoms with Crippen molar-refractivity contribution in [3.8, 4) is 0 Å². The van der Waals surface area contributed by atoms with Crippen molar-refractivity contribution in [2.24, 2.45) is 5.73 Å². The van der Waals surface area contributed by atoms with Crippen LogP contribution in [0.25, 0.3) is 0 Å². The first-order valence-electron chi connectivity index (χ1n) is 14.1. The number of aryl methyl sites for hydroxylation is 1. The monoisotopic (exact) mass is 562 g/mol. The Bertz CT molecular complexity index is 1240. The van der Waals surface area contributed by atoms with Gasteiger partial charge in [0, 0.05) is 32.6 Å². The SMILES string of the molecule is NCCCCC(NC(=O)OCc1ccccc1)C(=O)c1noc(CN2CCN(C(=O)CCc3ccccc3)CC2)n1. The Kier molecular flexibility index (Phi) is 11.4. The molecule has 1 unspecified atom stereocenters. The van der Waals surface area contributed by atoms with Crippen molar-refractivity contribution in [3.63, 3.8) is 0 Å². The highest BCUT2D eigenvalue weighted by Gasteiger charge is 2.28. The van der Waals surface area contributed by atoms with E-state index in [1.807, 2.05) is 65.6 Å². The number of nitrogens with zero attached hydrogens (tertiary/aromatic N) is 4. The van der Waals surface area contributed by atoms with Gasteiger partial charge in [0.2, 0.25) is 23.4 Å². The van der Waals surface area contributed by atoms with Crippen molar-refractivity contribution in [1.82, 2.24) is 25.3 Å². The Morgan fingerprint density at radius 1 is 0.951 bits per heavy atom. The van der Waals surface area contributed by atoms with Gasteiger partial charge in [-0.2, -0.15) is 4.98 Å². The maximum atomic E-state index is 13.2. The number of benzene rings is 2. The van der Waals surface area contributed by atoms with Crippen LogP contribution in [0.5, 0.6) is 0 Å². The second-order valence-electron chi connectivity index (χ2n) is 10.1. The van der Waals surface area contributed by atoms with Crippen molar-refractivity contribution in [2.45, 2.75) is 51.3 Å². The molecule has 2 heterocycles. The van der Waals surface area contributed by atoms with E-state index in [-0.39, 0.29) is 18.3 Å². The molecule has 0 aliphatic carbocycles. The molecule has 0 spiro atoms. The van der Waals surface area contributed by atoms with Gasteiger partial charge in [-0.3, -0.25) is 14.5 Å². The summed E-state index contributed by atoms with van der Waals surface area (Å²) in [5.41, 5.74) is 7.61. The quantitative estimate of drug-likeness (QED) is 0.224. The summed E-state index contributed by atoms with van der Waals surface area (Å²) < 4.78 is 10.7. The second kappa shape index (κ2) is 15.6. The van der Waals surface area contributed by atoms with Crippen molar-refractivity contribution < 1.29 is 23.6 Å². The molecule has 4 rings (SSSR count). The van der Waals surface area contributed by atoms with E-state index < -0.39 is 17.9 Å². The lowest BCUT2D eigenvalue weighted by molar-refractivity contribution is -0.133. The Labute approximate surface area is 240 Å². The molecule has 0 bridgehead atoms. The number of piperazine rings is 1. The van der Waals surface area contributed by atoms with Crippen LogP contribution < -0.4 is 11.1 Å². The number of nitrogens with two attached hydrogens (primary N) is 1. The van der Waals surface area contributed by atoms with Gasteiger partial charge in [0.15, 0.2) is 0 Å². The lowest BCUT2D eigenvalue weighted by Crippen LogP contribution is -2.48. The van der Waals surface area contributed by atoms with Crippen LogP contribution in [0.15, 0.2) is 65.2 Å². The van der Waals surface area contributed by atoms with Gasteiger partial charge in [-0.05, 0) is 43.4 Å². The average Bonchev–Trinajstić information content (AvgIpc) is 3.48. The Balaban J connectivity index is 1.25. The number of alkyl carbamates (subject to hydrolysis) is 1. The molecule has 3 aromatic rings. The summed E-state index contributed by atoms with van der Waals surface area (Å²) in [6.45, 7) is 3.51. The lowest BCUT2D eigenvalue weighted by atomic mass is 10.0. The molecule has 1 atom stereocenters. The molecule has 1 fully saturated rings. The van der Waals surface area contributed by atoms with Crippen molar-refractivity contribution in [1.29, 1.82) is 0 Å². The lowest BCUT2D eigenvalue weighted by Gasteiger charge is -2.34. The van der Waals surface area contributed by atoms with E-state index in [9.17, 15) is 14.4 Å². The van der Waals surface area contributed by atoms with Gasteiger partial charge in [-0.25, -0.2) is 4.79 Å². The zero-order valence-electron chi connectivity index (χ0n) is 23.2. The van der Waals surface area contributed by atoms with Crippen LogP contribution in [0.2, 0.25) is 0 Å². The smallest absolute Gasteiger partial charge is 0.408 e. The number of amides is 2. The molecule has 11 heteroatoms. The largest absolute Gasteiger partial charge is 0.445 e. The third-order valence-electron chi connectivity index (χ3n) is 7.01. The number of ketones is 1. The maximum Gasteiger partial charge on any atom is 0.408 e. The van der Waals surface area contributed by atoms with E-state index in [0.29, 0.717) is 70.8 Å². The van der Waals surface area contributed by atoms with E-state index in [2.05, 4.69) is 20.4 Å². The summed E-state index contributed by atoms with van der Waals surface area (Å²) in [5, 5.41) is 6.53. The summed E-state index contributed by atoms with van der Waals surface area (Å²) in [5.74, 6) is -0.0717. The minimum atomic E-state index is -0.860. The minimum Gasteiger partial charge on any atom is -0.445 e. The van der Waals surface area contributed by atoms with Crippen LogP contribution in [0.4, 0.5) is 4.79 Å². The number of rotatable bonds is 14. The Hall–Kier alpha value is -4.09. The maximum absolute atomic E-state index is 13.2. The number of hydrogen-bond donors (Lipinski definition) is 2. The summed E-state index contributed by atoms with van der Waals surface area (Å²) in [7, 11) is 0. The van der Waals surface area contributed by atoms with Gasteiger partial charge >= 0.3 is 6.09 Å². The fourth-order valence-corrected chi connectivity index (χ4v) is 4.64. The van der Waals surface area contributed by atoms with Gasteiger partial charge in [-0.1, -0.05) is 65.8 Å². The van der Waals surface area contributed by atoms with Gasteiger partial charge in [-0.15, -0.1) is 0 Å². The van der Waals surface area contributed by atoms with E-state index in [1.165, 1.54) is 0 Å². The first kappa shape index (κ1) is 29.9. The normalized spacial score (nSPS) is 14.4. The van der Waals surface area contributed by atoms with Gasteiger partial charge in [0.05, 0.1) is 12.6 Å². The third-order valence-corrected chi connectivity index (χ3v) is 7.01. The fourth-order valence-electron chi connectivity index (χ4n) is 4.64. The predicted octanol–water partition coefficient (Wildman–Crippen LogP) is 2.95. The molecule has 0 radical (unpaired) electrons. The molecular weight excluding hydrogens is 524 g/mol. The van der Waals surface area contributed by atoms with Gasteiger partial charge < -0.3 is 25.2 Å². The van der Waals surface area contributed by atoms with Crippen LogP contribution >= 0.6 is 0 Å². The van der Waals surface area contributed by atoms with Gasteiger partial charge in [0.25, 0.3) is 0 Å². The number of hydrogen-bond acceptors (Lipinski definition) is 9. The topological polar surface area (TPSA) is 144 Å². The zero-order chi connectivity index (χ0) is 28.9. The zero-order valence-corrected chi connectivity index (χ0v) is 23.2. The molecule has 1 aromatic heterocycles. The highest BCUT2D eigenvalue weighted by molar-refractivity contribution is 5.98. The average molecular weight is 563 g/mol. The summed E-state index contributed by atoms with van der Waals surface area (Å²) in [6.07, 6.45) is 2.25. The summed E-state index contributed by atoms with van der Waals surface area (Å²) >= 11 is 0. The van der Waals surface area contributed by atoms with Crippen LogP contribution in [0, 0.1) is 0 Å². The first-order valence-corrected chi connectivity index (χ1v) is 14.1. The Morgan fingerprint density at radius 3 is 2.32 bits per heavy atom. The van der Waals surface area contributed by atoms with E-state index in [1.54, 1.807) is 0 Å². The summed E-state index contributed by atoms with van der Waals surface area (Å²) in [6, 6.07) is 18.4. The molecular formula is C30H38N6O5. The van der Waals surface area contributed by atoms with Gasteiger partial charge in [0.1, 0.15) is 6.61 Å². The molecule has 11 nitrogen and oxygen atoms in total. The van der Waals surface area contributed by atoms with Crippen LogP contribution in [0.3, 0.4) is 0 Å². The fraction of sp³-hybridized carbons (Fsp3) is 0.433. The van der Waals surface area contributed by atoms with E-state index in [4.69, 9.17) is 15.0 Å². The van der Waals surface area contributed by atoms with E-state index >= 15 is 0 Å². The third kappa shape index (κ3) is 9.51. The van der Waals surface area contributed by atoms with Crippen molar-refractivity contribution in [2.75, 3.05) is 32.7 Å². The molecule has 1 aliphatic heterocycles. The summed E-state index contributed by atoms with van der Waals surface area (Å²) in [4.78, 5) is 46.6. The van der Waals surface area contributed by atoms with Crippen molar-refractivity contribution >= 4 is 17.8 Å². The first-order chi connectivity index (χ1) is 20.0. The molecule has 218 valence electrons. The number of carbonyl (C=O) groups is 3. The number of carbonyl (C=O) groups excluding carboxylic acids is 3. The van der Waals surface area contributed by atoms with E-state index in [0.717, 1.165) is 17.5 Å². The second-order valence-corrected chi connectivity index (χ2v) is 10.1. The number of nitrogens with one attached hydrogen (secondary N) is 1. The standard InChI is InChI=1S/C30H38N6O5/c31-16-8-7-13-25(32-30(39)40-22-24-11-5-2-6-12-24)28(38)29-33-26(41-34-29)21-35-17-19-36(20-18-35)27(37)15-14-23-9-3-1-4-10-23/h1-6,9-12,25H,7-8,13-22,31H2,(H,32,39). The molecule has 2 amide bonds. The molecule has 3 N–H and O–H groups in total. The van der Waals surface area contributed by atoms with Crippen molar-refractivity contribution in [3.05, 3.63) is 83.5 Å². The molecule has 2 aromatic carbocycles. The minimum absolute atomic E-state index is 0.0872. The highest BCUT2D eigenvalue weighted by Crippen LogP contribution is 2.13. The number of aromatic nitrogens is 2.